The summed E-state index contributed by atoms with van der Waals surface area (Å²) in [7, 11) is -0.0347. The van der Waals surface area contributed by atoms with Gasteiger partial charge in [-0.05, 0) is 154 Å². The first-order valence-electron chi connectivity index (χ1n) is 22.4. The summed E-state index contributed by atoms with van der Waals surface area (Å²) in [6, 6.07) is 16.9. The zero-order valence-corrected chi connectivity index (χ0v) is 40.3. The number of esters is 1. The Morgan fingerprint density at radius 1 is 1.06 bits per heavy atom. The smallest absolute Gasteiger partial charge is 0.349 e. The Bertz CT molecular complexity index is 2630. The monoisotopic (exact) mass is 910 g/mol. The fourth-order valence-corrected chi connectivity index (χ4v) is 12.3. The molecule has 12 nitrogen and oxygen atoms in total. The van der Waals surface area contributed by atoms with Gasteiger partial charge in [0.2, 0.25) is 11.2 Å². The number of aromatic amines is 1. The van der Waals surface area contributed by atoms with Crippen LogP contribution in [0.15, 0.2) is 64.8 Å². The minimum absolute atomic E-state index is 0.0123. The molecule has 2 aliphatic carbocycles. The highest BCUT2D eigenvalue weighted by Crippen LogP contribution is 2.42. The van der Waals surface area contributed by atoms with E-state index in [0.29, 0.717) is 34.4 Å². The number of aromatic hydroxyl groups is 1. The molecule has 4 N–H and O–H groups in total. The number of aryl methyl sites for hydroxylation is 3. The molecule has 0 unspecified atom stereocenters. The van der Waals surface area contributed by atoms with Crippen molar-refractivity contribution in [3.8, 4) is 5.75 Å². The predicted molar refractivity (Wildman–Crippen MR) is 254 cm³/mol. The zero-order chi connectivity index (χ0) is 44.7. The Balaban J connectivity index is 0.885. The van der Waals surface area contributed by atoms with E-state index in [-0.39, 0.29) is 28.6 Å². The van der Waals surface area contributed by atoms with E-state index in [1.54, 1.807) is 18.2 Å². The van der Waals surface area contributed by atoms with Gasteiger partial charge in [-0.1, -0.05) is 38.1 Å². The maximum Gasteiger partial charge on any atom is 0.349 e. The summed E-state index contributed by atoms with van der Waals surface area (Å²) in [5, 5.41) is 38.2. The number of pyridine rings is 1. The third-order valence-corrected chi connectivity index (χ3v) is 20.4. The zero-order valence-electron chi connectivity index (χ0n) is 37.6. The molecule has 2 aliphatic rings. The van der Waals surface area contributed by atoms with E-state index in [0.717, 1.165) is 91.3 Å². The van der Waals surface area contributed by atoms with Gasteiger partial charge in [-0.2, -0.15) is 0 Å². The van der Waals surface area contributed by atoms with Crippen LogP contribution < -0.4 is 10.9 Å². The first-order chi connectivity index (χ1) is 30.0. The summed E-state index contributed by atoms with van der Waals surface area (Å²) >= 11 is 2.79. The Kier molecular flexibility index (Phi) is 13.2. The summed E-state index contributed by atoms with van der Waals surface area (Å²) in [6.45, 7) is 16.1. The van der Waals surface area contributed by atoms with Gasteiger partial charge in [-0.25, -0.2) is 9.48 Å². The van der Waals surface area contributed by atoms with E-state index >= 15 is 0 Å². The standard InChI is InChI=1S/C48H62N6O6S2Si/c1-30-14-22-42(62-30)48(58,41-13-9-26-61-41)46(57)59-33-17-15-32(16-18-33)53(5)24-10-25-54-45-37-12-8-11-34(37)31(27-38(45)51-52-54)28-49-29-40(60-63(6,7)47(2,3)4)35-19-21-39(55)44-36(35)20-23-43(56)50-44/h9,13-14,19-23,26-27,32-33,40,49,55,58H,8,10-12,15-18,24-25,28-29H2,1-7H3,(H,50,56)/t32?,33?,40-,48-/m0/s1. The van der Waals surface area contributed by atoms with Crippen molar-refractivity contribution in [3.63, 3.8) is 0 Å². The minimum atomic E-state index is -2.22. The Hall–Kier alpha value is -4.22. The average Bonchev–Trinajstić information content (AvgIpc) is 4.09. The molecule has 0 radical (unpaired) electrons. The summed E-state index contributed by atoms with van der Waals surface area (Å²) < 4.78 is 15.2. The van der Waals surface area contributed by atoms with Crippen LogP contribution in [0.3, 0.4) is 0 Å². The molecular weight excluding hydrogens is 849 g/mol. The second-order valence-corrected chi connectivity index (χ2v) is 26.1. The number of H-pyrrole nitrogens is 1. The van der Waals surface area contributed by atoms with Crippen molar-refractivity contribution in [3.05, 3.63) is 107 Å². The van der Waals surface area contributed by atoms with Gasteiger partial charge in [0.1, 0.15) is 17.4 Å². The highest BCUT2D eigenvalue weighted by Gasteiger charge is 2.45. The largest absolute Gasteiger partial charge is 0.506 e. The molecule has 2 aromatic carbocycles. The van der Waals surface area contributed by atoms with Gasteiger partial charge in [0.15, 0.2) is 8.32 Å². The van der Waals surface area contributed by atoms with Crippen molar-refractivity contribution in [2.75, 3.05) is 20.1 Å². The second kappa shape index (κ2) is 18.3. The molecule has 2 atom stereocenters. The van der Waals surface area contributed by atoms with Crippen molar-refractivity contribution in [1.82, 2.24) is 30.2 Å². The van der Waals surface area contributed by atoms with E-state index in [1.807, 2.05) is 36.6 Å². The van der Waals surface area contributed by atoms with Crippen molar-refractivity contribution in [1.29, 1.82) is 0 Å². The maximum absolute atomic E-state index is 13.6. The minimum Gasteiger partial charge on any atom is -0.506 e. The number of hydrogen-bond donors (Lipinski definition) is 4. The molecule has 15 heteroatoms. The van der Waals surface area contributed by atoms with Crippen molar-refractivity contribution in [2.24, 2.45) is 0 Å². The lowest BCUT2D eigenvalue weighted by atomic mass is 9.91. The van der Waals surface area contributed by atoms with Gasteiger partial charge in [-0.15, -0.1) is 27.8 Å². The van der Waals surface area contributed by atoms with Crippen molar-refractivity contribution >= 4 is 58.9 Å². The molecule has 0 saturated heterocycles. The molecule has 1 saturated carbocycles. The Morgan fingerprint density at radius 2 is 1.84 bits per heavy atom. The Labute approximate surface area is 378 Å². The summed E-state index contributed by atoms with van der Waals surface area (Å²) in [5.41, 5.74) is 5.39. The third kappa shape index (κ3) is 9.33. The molecule has 0 aliphatic heterocycles. The molecule has 4 aromatic heterocycles. The molecule has 4 heterocycles. The van der Waals surface area contributed by atoms with E-state index in [2.05, 4.69) is 77.2 Å². The number of nitrogens with zero attached hydrogens (tertiary/aromatic N) is 4. The number of phenols is 1. The lowest BCUT2D eigenvalue weighted by Crippen LogP contribution is -2.43. The number of nitrogens with one attached hydrogen (secondary N) is 2. The van der Waals surface area contributed by atoms with Crippen molar-refractivity contribution in [2.45, 2.75) is 134 Å². The number of thiophene rings is 2. The average molecular weight is 911 g/mol. The second-order valence-electron chi connectivity index (χ2n) is 19.1. The number of benzene rings is 2. The lowest BCUT2D eigenvalue weighted by Gasteiger charge is -2.39. The van der Waals surface area contributed by atoms with Crippen LogP contribution in [-0.4, -0.2) is 81.7 Å². The molecular formula is C48H62N6O6S2Si. The number of carbonyl (C=O) groups is 1. The van der Waals surface area contributed by atoms with E-state index in [1.165, 1.54) is 45.4 Å². The molecule has 336 valence electrons. The van der Waals surface area contributed by atoms with Gasteiger partial charge in [0.25, 0.3) is 0 Å². The molecule has 0 bridgehead atoms. The highest BCUT2D eigenvalue weighted by molar-refractivity contribution is 7.13. The summed E-state index contributed by atoms with van der Waals surface area (Å²) in [4.78, 5) is 33.3. The predicted octanol–water partition coefficient (Wildman–Crippen LogP) is 8.86. The fraction of sp³-hybridized carbons (Fsp3) is 0.500. The van der Waals surface area contributed by atoms with Crippen LogP contribution in [0.1, 0.15) is 102 Å². The van der Waals surface area contributed by atoms with E-state index < -0.39 is 19.9 Å². The van der Waals surface area contributed by atoms with Gasteiger partial charge in [0.05, 0.1) is 26.9 Å². The molecule has 1 fully saturated rings. The van der Waals surface area contributed by atoms with Crippen LogP contribution in [0.2, 0.25) is 18.1 Å². The van der Waals surface area contributed by atoms with Crippen molar-refractivity contribution < 1.29 is 24.2 Å². The first-order valence-corrected chi connectivity index (χ1v) is 27.0. The number of ether oxygens (including phenoxy) is 1. The number of hydrogen-bond acceptors (Lipinski definition) is 12. The van der Waals surface area contributed by atoms with Crippen LogP contribution >= 0.6 is 22.7 Å². The van der Waals surface area contributed by atoms with Crippen LogP contribution in [0.5, 0.6) is 5.75 Å². The number of phenolic OH excluding ortho intramolecular Hbond substituents is 1. The van der Waals surface area contributed by atoms with Gasteiger partial charge in [0, 0.05) is 42.0 Å². The quantitative estimate of drug-likeness (QED) is 0.0547. The first kappa shape index (κ1) is 45.3. The van der Waals surface area contributed by atoms with Crippen LogP contribution in [0.4, 0.5) is 0 Å². The molecule has 0 spiro atoms. The van der Waals surface area contributed by atoms with Crippen LogP contribution in [0, 0.1) is 6.92 Å². The van der Waals surface area contributed by atoms with E-state index in [4.69, 9.17) is 9.16 Å². The Morgan fingerprint density at radius 3 is 2.56 bits per heavy atom. The normalized spacial score (nSPS) is 18.6. The number of fused-ring (bicyclic) bond motifs is 4. The maximum atomic E-state index is 13.6. The number of rotatable bonds is 16. The molecule has 0 amide bonds. The van der Waals surface area contributed by atoms with Gasteiger partial charge in [-0.3, -0.25) is 4.79 Å². The summed E-state index contributed by atoms with van der Waals surface area (Å²) in [6.07, 6.45) is 6.93. The molecule has 63 heavy (non-hydrogen) atoms. The van der Waals surface area contributed by atoms with E-state index in [9.17, 15) is 19.8 Å². The topological polar surface area (TPSA) is 155 Å². The van der Waals surface area contributed by atoms with Crippen LogP contribution in [0.25, 0.3) is 21.9 Å². The number of aliphatic hydroxyl groups is 1. The molecule has 8 rings (SSSR count). The third-order valence-electron chi connectivity index (χ3n) is 13.8. The number of carbonyl (C=O) groups excluding carboxylic acids is 1. The summed E-state index contributed by atoms with van der Waals surface area (Å²) in [5.74, 6) is -0.543. The number of aromatic nitrogens is 4. The van der Waals surface area contributed by atoms with Gasteiger partial charge < -0.3 is 34.6 Å². The SMILES string of the molecule is Cc1ccc([C@](O)(C(=O)OC2CCC(N(C)CCCn3nnc4cc(CNC[C@H](O[Si](C)(C)C(C)(C)C)c5ccc(O)c6[nH]c(=O)ccc56)c5c(c43)CCC5)CC2)c2cccs2)s1. The van der Waals surface area contributed by atoms with Gasteiger partial charge >= 0.3 is 5.97 Å². The molecule has 6 aromatic rings. The van der Waals surface area contributed by atoms with Crippen LogP contribution in [-0.2, 0) is 45.5 Å². The fourth-order valence-electron chi connectivity index (χ4n) is 9.21. The lowest BCUT2D eigenvalue weighted by molar-refractivity contribution is -0.169. The highest BCUT2D eigenvalue weighted by atomic mass is 32.1.